The Labute approximate surface area is 200 Å². The molecule has 0 bridgehead atoms. The molecule has 2 aliphatic rings. The molecule has 0 aromatic heterocycles. The van der Waals surface area contributed by atoms with E-state index < -0.39 is 0 Å². The molecule has 4 aromatic carbocycles. The third-order valence-corrected chi connectivity index (χ3v) is 6.92. The molecule has 1 heterocycles. The van der Waals surface area contributed by atoms with Gasteiger partial charge in [-0.2, -0.15) is 0 Å². The van der Waals surface area contributed by atoms with Crippen LogP contribution in [0.25, 0.3) is 10.8 Å². The Morgan fingerprint density at radius 1 is 0.824 bits per heavy atom. The van der Waals surface area contributed by atoms with E-state index in [4.69, 9.17) is 4.74 Å². The van der Waals surface area contributed by atoms with Crippen molar-refractivity contribution in [1.82, 2.24) is 0 Å². The van der Waals surface area contributed by atoms with Gasteiger partial charge < -0.3 is 10.1 Å². The van der Waals surface area contributed by atoms with E-state index >= 15 is 0 Å². The van der Waals surface area contributed by atoms with Crippen molar-refractivity contribution in [3.63, 3.8) is 0 Å². The number of carbonyl (C=O) groups is 1. The number of anilines is 1. The van der Waals surface area contributed by atoms with Crippen molar-refractivity contribution in [3.05, 3.63) is 113 Å². The summed E-state index contributed by atoms with van der Waals surface area (Å²) in [6.45, 7) is 4.35. The average Bonchev–Trinajstić information content (AvgIpc) is 2.82. The molecule has 3 heteroatoms. The summed E-state index contributed by atoms with van der Waals surface area (Å²) < 4.78 is 6.16. The van der Waals surface area contributed by atoms with E-state index in [9.17, 15) is 4.79 Å². The van der Waals surface area contributed by atoms with Crippen molar-refractivity contribution in [1.29, 1.82) is 0 Å². The molecule has 0 spiro atoms. The van der Waals surface area contributed by atoms with Gasteiger partial charge >= 0.3 is 0 Å². The molecule has 1 aliphatic heterocycles. The van der Waals surface area contributed by atoms with Crippen LogP contribution in [-0.4, -0.2) is 5.78 Å². The van der Waals surface area contributed by atoms with Crippen molar-refractivity contribution in [2.45, 2.75) is 32.6 Å². The van der Waals surface area contributed by atoms with Gasteiger partial charge in [0.05, 0.1) is 0 Å². The van der Waals surface area contributed by atoms with Gasteiger partial charge in [0, 0.05) is 29.3 Å². The minimum atomic E-state index is -0.139. The van der Waals surface area contributed by atoms with Crippen LogP contribution in [-0.2, 0) is 4.79 Å². The third kappa shape index (κ3) is 3.58. The fourth-order valence-electron chi connectivity index (χ4n) is 5.52. The molecule has 1 N–H and O–H groups in total. The van der Waals surface area contributed by atoms with E-state index in [1.54, 1.807) is 0 Å². The molecule has 1 atom stereocenters. The molecular formula is C31H27NO2. The number of hydrogen-bond donors (Lipinski definition) is 1. The van der Waals surface area contributed by atoms with Gasteiger partial charge in [0.25, 0.3) is 0 Å². The summed E-state index contributed by atoms with van der Waals surface area (Å²) in [5.74, 6) is 1.66. The summed E-state index contributed by atoms with van der Waals surface area (Å²) in [6, 6.07) is 30.8. The van der Waals surface area contributed by atoms with Crippen LogP contribution in [0.1, 0.15) is 43.7 Å². The number of ether oxygens (including phenoxy) is 1. The highest BCUT2D eigenvalue weighted by Gasteiger charge is 2.41. The number of benzene rings is 4. The maximum Gasteiger partial charge on any atom is 0.162 e. The Morgan fingerprint density at radius 3 is 2.44 bits per heavy atom. The summed E-state index contributed by atoms with van der Waals surface area (Å²) in [7, 11) is 0. The molecule has 1 unspecified atom stereocenters. The number of ketones is 1. The number of carbonyl (C=O) groups excluding carboxylic acids is 1. The van der Waals surface area contributed by atoms with Crippen LogP contribution in [0.15, 0.2) is 102 Å². The number of fused-ring (bicyclic) bond motifs is 3. The molecule has 0 saturated carbocycles. The smallest absolute Gasteiger partial charge is 0.162 e. The number of nitrogens with one attached hydrogen (secondary N) is 1. The Hall–Kier alpha value is -3.85. The van der Waals surface area contributed by atoms with Crippen molar-refractivity contribution in [2.24, 2.45) is 5.41 Å². The van der Waals surface area contributed by atoms with Gasteiger partial charge in [-0.3, -0.25) is 4.79 Å². The van der Waals surface area contributed by atoms with Gasteiger partial charge in [-0.15, -0.1) is 0 Å². The van der Waals surface area contributed by atoms with Crippen molar-refractivity contribution >= 4 is 22.2 Å². The zero-order valence-electron chi connectivity index (χ0n) is 19.5. The molecule has 4 aromatic rings. The number of rotatable bonds is 3. The highest BCUT2D eigenvalue weighted by Crippen LogP contribution is 2.51. The largest absolute Gasteiger partial charge is 0.457 e. The summed E-state index contributed by atoms with van der Waals surface area (Å²) in [5.41, 5.74) is 5.24. The fourth-order valence-corrected chi connectivity index (χ4v) is 5.52. The molecule has 0 radical (unpaired) electrons. The molecule has 0 fully saturated rings. The van der Waals surface area contributed by atoms with Gasteiger partial charge in [-0.1, -0.05) is 74.5 Å². The summed E-state index contributed by atoms with van der Waals surface area (Å²) >= 11 is 0. The first-order valence-electron chi connectivity index (χ1n) is 11.9. The van der Waals surface area contributed by atoms with Crippen LogP contribution < -0.4 is 10.1 Å². The average molecular weight is 446 g/mol. The molecule has 3 nitrogen and oxygen atoms in total. The Bertz CT molecular complexity index is 1450. The van der Waals surface area contributed by atoms with Gasteiger partial charge in [-0.05, 0) is 64.1 Å². The van der Waals surface area contributed by atoms with E-state index in [-0.39, 0.29) is 17.1 Å². The van der Waals surface area contributed by atoms with Gasteiger partial charge in [-0.25, -0.2) is 0 Å². The lowest BCUT2D eigenvalue weighted by molar-refractivity contribution is -0.118. The number of Topliss-reactive ketones (excluding diaryl/α,β-unsaturated/α-hetero) is 1. The quantitative estimate of drug-likeness (QED) is 0.349. The second-order valence-corrected chi connectivity index (χ2v) is 10.1. The number of para-hydroxylation sites is 1. The van der Waals surface area contributed by atoms with E-state index in [0.717, 1.165) is 40.4 Å². The highest BCUT2D eigenvalue weighted by molar-refractivity contribution is 6.04. The first-order chi connectivity index (χ1) is 16.5. The lowest BCUT2D eigenvalue weighted by Gasteiger charge is -2.40. The molecule has 34 heavy (non-hydrogen) atoms. The van der Waals surface area contributed by atoms with Gasteiger partial charge in [0.2, 0.25) is 0 Å². The van der Waals surface area contributed by atoms with Crippen molar-refractivity contribution in [2.75, 3.05) is 5.32 Å². The highest BCUT2D eigenvalue weighted by atomic mass is 16.5. The standard InChI is InChI=1S/C31H27NO2/c1-31(2)18-26-30(27(33)19-31)28(29-24-14-7-6-9-20(24)15-16-25(29)32-26)21-10-8-13-23(17-21)34-22-11-4-3-5-12-22/h3-17,28,32H,18-19H2,1-2H3. The van der Waals surface area contributed by atoms with Crippen LogP contribution in [0.3, 0.4) is 0 Å². The Morgan fingerprint density at radius 2 is 1.59 bits per heavy atom. The molecule has 6 rings (SSSR count). The molecule has 168 valence electrons. The van der Waals surface area contributed by atoms with E-state index in [0.29, 0.717) is 6.42 Å². The van der Waals surface area contributed by atoms with E-state index in [1.165, 1.54) is 16.3 Å². The predicted octanol–water partition coefficient (Wildman–Crippen LogP) is 7.83. The molecule has 1 aliphatic carbocycles. The van der Waals surface area contributed by atoms with E-state index in [1.807, 2.05) is 42.5 Å². The molecule has 0 amide bonds. The summed E-state index contributed by atoms with van der Waals surface area (Å²) in [6.07, 6.45) is 1.42. The monoisotopic (exact) mass is 445 g/mol. The minimum Gasteiger partial charge on any atom is -0.457 e. The number of allylic oxidation sites excluding steroid dienone is 2. The maximum absolute atomic E-state index is 13.6. The SMILES string of the molecule is CC1(C)CC(=O)C2=C(C1)Nc1ccc3ccccc3c1C2c1cccc(Oc2ccccc2)c1. The lowest BCUT2D eigenvalue weighted by atomic mass is 9.68. The van der Waals surface area contributed by atoms with Crippen LogP contribution in [0.5, 0.6) is 11.5 Å². The second kappa shape index (κ2) is 7.88. The normalized spacial score (nSPS) is 18.8. The van der Waals surface area contributed by atoms with Crippen LogP contribution >= 0.6 is 0 Å². The lowest BCUT2D eigenvalue weighted by Crippen LogP contribution is -2.33. The van der Waals surface area contributed by atoms with Gasteiger partial charge in [0.1, 0.15) is 11.5 Å². The van der Waals surface area contributed by atoms with Crippen LogP contribution in [0.2, 0.25) is 0 Å². The third-order valence-electron chi connectivity index (χ3n) is 6.92. The predicted molar refractivity (Wildman–Crippen MR) is 137 cm³/mol. The first kappa shape index (κ1) is 20.7. The zero-order chi connectivity index (χ0) is 23.3. The minimum absolute atomic E-state index is 0.0555. The Balaban J connectivity index is 1.55. The number of hydrogen-bond acceptors (Lipinski definition) is 3. The topological polar surface area (TPSA) is 38.3 Å². The van der Waals surface area contributed by atoms with E-state index in [2.05, 4.69) is 67.7 Å². The molecular weight excluding hydrogens is 418 g/mol. The fraction of sp³-hybridized carbons (Fsp3) is 0.194. The van der Waals surface area contributed by atoms with Crippen molar-refractivity contribution in [3.8, 4) is 11.5 Å². The zero-order valence-corrected chi connectivity index (χ0v) is 19.5. The first-order valence-corrected chi connectivity index (χ1v) is 11.9. The van der Waals surface area contributed by atoms with Crippen molar-refractivity contribution < 1.29 is 9.53 Å². The van der Waals surface area contributed by atoms with Gasteiger partial charge in [0.15, 0.2) is 5.78 Å². The summed E-state index contributed by atoms with van der Waals surface area (Å²) in [4.78, 5) is 13.6. The maximum atomic E-state index is 13.6. The Kier molecular flexibility index (Phi) is 4.80. The van der Waals surface area contributed by atoms with Crippen LogP contribution in [0.4, 0.5) is 5.69 Å². The summed E-state index contributed by atoms with van der Waals surface area (Å²) in [5, 5.41) is 6.01. The van der Waals surface area contributed by atoms with Crippen LogP contribution in [0, 0.1) is 5.41 Å². The second-order valence-electron chi connectivity index (χ2n) is 10.1. The molecule has 0 saturated heterocycles.